The van der Waals surface area contributed by atoms with Crippen LogP contribution in [0.4, 0.5) is 5.69 Å². The van der Waals surface area contributed by atoms with Gasteiger partial charge in [-0.15, -0.1) is 11.3 Å². The first-order chi connectivity index (χ1) is 18.3. The lowest BCUT2D eigenvalue weighted by Crippen LogP contribution is -2.48. The molecular weight excluding hydrogens is 530 g/mol. The van der Waals surface area contributed by atoms with Gasteiger partial charge in [-0.05, 0) is 38.9 Å². The van der Waals surface area contributed by atoms with Crippen LogP contribution in [0, 0.1) is 0 Å². The predicted octanol–water partition coefficient (Wildman–Crippen LogP) is 2.10. The van der Waals surface area contributed by atoms with Gasteiger partial charge in [-0.1, -0.05) is 0 Å². The van der Waals surface area contributed by atoms with Crippen molar-refractivity contribution in [2.45, 2.75) is 37.2 Å². The third-order valence-corrected chi connectivity index (χ3v) is 9.02. The number of carbonyl (C=O) groups is 1. The van der Waals surface area contributed by atoms with Crippen LogP contribution >= 0.6 is 11.3 Å². The molecule has 2 atom stereocenters. The fourth-order valence-corrected chi connectivity index (χ4v) is 6.22. The van der Waals surface area contributed by atoms with E-state index >= 15 is 0 Å². The van der Waals surface area contributed by atoms with Crippen molar-refractivity contribution in [3.8, 4) is 16.5 Å². The van der Waals surface area contributed by atoms with Crippen LogP contribution in [0.5, 0.6) is 5.88 Å². The van der Waals surface area contributed by atoms with E-state index in [-0.39, 0.29) is 10.3 Å². The van der Waals surface area contributed by atoms with E-state index in [4.69, 9.17) is 9.47 Å². The molecule has 1 aliphatic heterocycles. The summed E-state index contributed by atoms with van der Waals surface area (Å²) >= 11 is 1.18. The van der Waals surface area contributed by atoms with Crippen LogP contribution in [0.25, 0.3) is 10.6 Å². The molecule has 1 saturated heterocycles. The molecule has 2 N–H and O–H groups in total. The van der Waals surface area contributed by atoms with E-state index in [0.29, 0.717) is 60.4 Å². The Bertz CT molecular complexity index is 1400. The molecular formula is C24H29N7O5S2. The van der Waals surface area contributed by atoms with Gasteiger partial charge in [-0.2, -0.15) is 0 Å². The first kappa shape index (κ1) is 26.4. The van der Waals surface area contributed by atoms with Crippen LogP contribution in [0.2, 0.25) is 0 Å². The fraction of sp³-hybridized carbons (Fsp3) is 0.458. The Morgan fingerprint density at radius 2 is 2.13 bits per heavy atom. The Hall–Kier alpha value is -3.20. The van der Waals surface area contributed by atoms with Crippen molar-refractivity contribution in [3.63, 3.8) is 0 Å². The smallest absolute Gasteiger partial charge is 0.280 e. The predicted molar refractivity (Wildman–Crippen MR) is 142 cm³/mol. The van der Waals surface area contributed by atoms with Gasteiger partial charge in [-0.3, -0.25) is 19.5 Å². The molecule has 38 heavy (non-hydrogen) atoms. The minimum Gasteiger partial charge on any atom is -0.477 e. The van der Waals surface area contributed by atoms with Crippen LogP contribution in [0.15, 0.2) is 36.9 Å². The number of anilines is 1. The van der Waals surface area contributed by atoms with Crippen molar-refractivity contribution in [3.05, 3.63) is 47.6 Å². The Balaban J connectivity index is 1.38. The standard InChI is InChI=1S/C24H29N7O5S2/c1-3-35-21-13-25-11-18(28-21)20-12-27-24(37-20)23(32)29-22(19-14-31(2)8-9-36-19)17-10-15(6-7-26-17)30-38(33,34)16-4-5-16/h6-7,10-13,16,19,22H,3-5,8-9,14H2,1-2H3,(H,26,30)(H,29,32)/t19-,22+/m1/s1. The average Bonchev–Trinajstić information content (AvgIpc) is 3.65. The number of carbonyl (C=O) groups excluding carboxylic acids is 1. The van der Waals surface area contributed by atoms with E-state index in [0.717, 1.165) is 6.54 Å². The SMILES string of the molecule is CCOc1cncc(-c2cnc(C(=O)N[C@@H](c3cc(NS(=O)(=O)C4CC4)ccn3)[C@H]3CN(C)CCO3)s2)n1. The van der Waals surface area contributed by atoms with Crippen LogP contribution < -0.4 is 14.8 Å². The number of pyridine rings is 1. The topological polar surface area (TPSA) is 149 Å². The number of nitrogens with zero attached hydrogens (tertiary/aromatic N) is 5. The summed E-state index contributed by atoms with van der Waals surface area (Å²) < 4.78 is 39.0. The van der Waals surface area contributed by atoms with Crippen LogP contribution in [-0.4, -0.2) is 83.9 Å². The first-order valence-corrected chi connectivity index (χ1v) is 14.7. The first-order valence-electron chi connectivity index (χ1n) is 12.3. The molecule has 1 amide bonds. The average molecular weight is 560 g/mol. The number of thiazole rings is 1. The van der Waals surface area contributed by atoms with Gasteiger partial charge in [0, 0.05) is 25.5 Å². The van der Waals surface area contributed by atoms with E-state index < -0.39 is 28.1 Å². The van der Waals surface area contributed by atoms with Crippen molar-refractivity contribution < 1.29 is 22.7 Å². The fourth-order valence-electron chi connectivity index (χ4n) is 4.06. The van der Waals surface area contributed by atoms with Crippen molar-refractivity contribution in [2.24, 2.45) is 0 Å². The van der Waals surface area contributed by atoms with E-state index in [1.807, 2.05) is 14.0 Å². The molecule has 2 aliphatic rings. The van der Waals surface area contributed by atoms with Crippen LogP contribution in [-0.2, 0) is 14.8 Å². The highest BCUT2D eigenvalue weighted by atomic mass is 32.2. The van der Waals surface area contributed by atoms with Crippen molar-refractivity contribution in [2.75, 3.05) is 38.1 Å². The summed E-state index contributed by atoms with van der Waals surface area (Å²) in [5, 5.41) is 2.90. The Kier molecular flexibility index (Phi) is 7.83. The summed E-state index contributed by atoms with van der Waals surface area (Å²) in [4.78, 5) is 33.5. The minimum absolute atomic E-state index is 0.239. The maximum absolute atomic E-state index is 13.3. The van der Waals surface area contributed by atoms with Gasteiger partial charge in [-0.25, -0.2) is 18.4 Å². The van der Waals surface area contributed by atoms with Gasteiger partial charge in [0.1, 0.15) is 5.69 Å². The number of morpholine rings is 1. The van der Waals surface area contributed by atoms with Gasteiger partial charge in [0.2, 0.25) is 15.9 Å². The van der Waals surface area contributed by atoms with Crippen molar-refractivity contribution >= 4 is 33.0 Å². The number of rotatable bonds is 10. The number of nitrogens with one attached hydrogen (secondary N) is 2. The zero-order valence-electron chi connectivity index (χ0n) is 21.0. The molecule has 202 valence electrons. The van der Waals surface area contributed by atoms with E-state index in [1.54, 1.807) is 24.5 Å². The highest BCUT2D eigenvalue weighted by Gasteiger charge is 2.36. The number of likely N-dealkylation sites (N-methyl/N-ethyl adjacent to an activating group) is 1. The van der Waals surface area contributed by atoms with Crippen molar-refractivity contribution in [1.29, 1.82) is 0 Å². The third-order valence-electron chi connectivity index (χ3n) is 6.14. The number of aromatic nitrogens is 4. The van der Waals surface area contributed by atoms with Gasteiger partial charge in [0.25, 0.3) is 5.91 Å². The lowest BCUT2D eigenvalue weighted by molar-refractivity contribution is -0.0387. The molecule has 0 unspecified atom stereocenters. The highest BCUT2D eigenvalue weighted by Crippen LogP contribution is 2.31. The molecule has 14 heteroatoms. The van der Waals surface area contributed by atoms with Crippen LogP contribution in [0.1, 0.15) is 41.3 Å². The number of hydrogen-bond donors (Lipinski definition) is 2. The summed E-state index contributed by atoms with van der Waals surface area (Å²) in [6.07, 6.45) is 7.14. The maximum Gasteiger partial charge on any atom is 0.280 e. The third kappa shape index (κ3) is 6.26. The lowest BCUT2D eigenvalue weighted by Gasteiger charge is -2.35. The Labute approximate surface area is 224 Å². The summed E-state index contributed by atoms with van der Waals surface area (Å²) in [6, 6.07) is 2.61. The van der Waals surface area contributed by atoms with Gasteiger partial charge < -0.3 is 19.7 Å². The van der Waals surface area contributed by atoms with Gasteiger partial charge in [0.15, 0.2) is 5.01 Å². The molecule has 0 radical (unpaired) electrons. The molecule has 3 aromatic rings. The van der Waals surface area contributed by atoms with Gasteiger partial charge >= 0.3 is 0 Å². The van der Waals surface area contributed by atoms with Crippen LogP contribution in [0.3, 0.4) is 0 Å². The zero-order valence-corrected chi connectivity index (χ0v) is 22.7. The minimum atomic E-state index is -3.45. The molecule has 12 nitrogen and oxygen atoms in total. The van der Waals surface area contributed by atoms with E-state index in [9.17, 15) is 13.2 Å². The second-order valence-electron chi connectivity index (χ2n) is 9.14. The second-order valence-corrected chi connectivity index (χ2v) is 12.1. The molecule has 5 rings (SSSR count). The number of hydrogen-bond acceptors (Lipinski definition) is 11. The second kappa shape index (κ2) is 11.3. The maximum atomic E-state index is 13.3. The quantitative estimate of drug-likeness (QED) is 0.378. The Morgan fingerprint density at radius 3 is 2.89 bits per heavy atom. The molecule has 0 aromatic carbocycles. The molecule has 0 bridgehead atoms. The normalized spacial score (nSPS) is 19.1. The van der Waals surface area contributed by atoms with E-state index in [1.165, 1.54) is 23.7 Å². The molecule has 1 saturated carbocycles. The van der Waals surface area contributed by atoms with E-state index in [2.05, 4.69) is 34.9 Å². The zero-order chi connectivity index (χ0) is 26.7. The summed E-state index contributed by atoms with van der Waals surface area (Å²) in [6.45, 7) is 4.15. The summed E-state index contributed by atoms with van der Waals surface area (Å²) in [7, 11) is -1.47. The molecule has 4 heterocycles. The number of ether oxygens (including phenoxy) is 2. The highest BCUT2D eigenvalue weighted by molar-refractivity contribution is 7.93. The van der Waals surface area contributed by atoms with Gasteiger partial charge in [0.05, 0.1) is 59.3 Å². The molecule has 3 aromatic heterocycles. The molecule has 1 aliphatic carbocycles. The molecule has 2 fully saturated rings. The Morgan fingerprint density at radius 1 is 1.29 bits per heavy atom. The monoisotopic (exact) mass is 559 g/mol. The number of sulfonamides is 1. The summed E-state index contributed by atoms with van der Waals surface area (Å²) in [5.41, 5.74) is 1.44. The van der Waals surface area contributed by atoms with Crippen molar-refractivity contribution in [1.82, 2.24) is 30.2 Å². The summed E-state index contributed by atoms with van der Waals surface area (Å²) in [5.74, 6) is -0.00550. The lowest BCUT2D eigenvalue weighted by atomic mass is 10.0. The number of amides is 1. The molecule has 0 spiro atoms. The largest absolute Gasteiger partial charge is 0.477 e.